The van der Waals surface area contributed by atoms with Gasteiger partial charge < -0.3 is 4.74 Å². The Hall–Kier alpha value is -2.07. The Morgan fingerprint density at radius 2 is 1.88 bits per heavy atom. The lowest BCUT2D eigenvalue weighted by Crippen LogP contribution is -2.39. The molecule has 2 heterocycles. The topological polar surface area (TPSA) is 45.7 Å². The number of carbonyl (C=O) groups is 1. The van der Waals surface area contributed by atoms with Gasteiger partial charge in [0, 0.05) is 43.2 Å². The quantitative estimate of drug-likeness (QED) is 0.414. The molecule has 1 fully saturated rings. The highest BCUT2D eigenvalue weighted by Crippen LogP contribution is 2.30. The van der Waals surface area contributed by atoms with Crippen LogP contribution in [0, 0.1) is 11.6 Å². The van der Waals surface area contributed by atoms with Crippen LogP contribution >= 0.6 is 23.1 Å². The van der Waals surface area contributed by atoms with E-state index in [0.717, 1.165) is 48.9 Å². The zero-order chi connectivity index (χ0) is 22.3. The standard InChI is InChI=1S/C23H25F2N3O2S2/c24-17-2-5-19(6-3-17)31-15-8-22(29)28(10-1-9-27-11-13-30-14-12-27)23-26-20-7-4-18(25)16-21(20)32-23/h2-7,16H,1,8-15H2. The average Bonchev–Trinajstić information content (AvgIpc) is 3.21. The first kappa shape index (κ1) is 23.1. The fourth-order valence-corrected chi connectivity index (χ4v) is 5.40. The second-order valence-electron chi connectivity index (χ2n) is 7.51. The third-order valence-electron chi connectivity index (χ3n) is 5.23. The molecule has 1 amide bonds. The van der Waals surface area contributed by atoms with Gasteiger partial charge in [-0.25, -0.2) is 13.8 Å². The predicted octanol–water partition coefficient (Wildman–Crippen LogP) is 4.81. The highest BCUT2D eigenvalue weighted by molar-refractivity contribution is 7.99. The van der Waals surface area contributed by atoms with E-state index >= 15 is 0 Å². The van der Waals surface area contributed by atoms with E-state index in [9.17, 15) is 13.6 Å². The number of benzene rings is 2. The van der Waals surface area contributed by atoms with Crippen LogP contribution in [0.3, 0.4) is 0 Å². The Bertz CT molecular complexity index is 1040. The second-order valence-corrected chi connectivity index (χ2v) is 9.69. The molecule has 9 heteroatoms. The Labute approximate surface area is 194 Å². The van der Waals surface area contributed by atoms with Crippen LogP contribution in [-0.2, 0) is 9.53 Å². The molecule has 1 aliphatic heterocycles. The van der Waals surface area contributed by atoms with Gasteiger partial charge >= 0.3 is 0 Å². The minimum Gasteiger partial charge on any atom is -0.379 e. The monoisotopic (exact) mass is 477 g/mol. The van der Waals surface area contributed by atoms with Crippen LogP contribution in [0.2, 0.25) is 0 Å². The molecule has 0 radical (unpaired) electrons. The average molecular weight is 478 g/mol. The zero-order valence-electron chi connectivity index (χ0n) is 17.6. The molecule has 1 saturated heterocycles. The Morgan fingerprint density at radius 3 is 2.66 bits per heavy atom. The molecular weight excluding hydrogens is 452 g/mol. The molecule has 3 aromatic rings. The van der Waals surface area contributed by atoms with Crippen molar-refractivity contribution in [2.75, 3.05) is 50.0 Å². The largest absolute Gasteiger partial charge is 0.379 e. The van der Waals surface area contributed by atoms with Crippen molar-refractivity contribution in [2.24, 2.45) is 0 Å². The third-order valence-corrected chi connectivity index (χ3v) is 7.28. The SMILES string of the molecule is O=C(CCSc1ccc(F)cc1)N(CCCN1CCOCC1)c1nc2ccc(F)cc2s1. The van der Waals surface area contributed by atoms with E-state index in [1.54, 1.807) is 23.1 Å². The molecule has 0 unspecified atom stereocenters. The molecule has 5 nitrogen and oxygen atoms in total. The fraction of sp³-hybridized carbons (Fsp3) is 0.391. The normalized spacial score (nSPS) is 14.7. The highest BCUT2D eigenvalue weighted by Gasteiger charge is 2.20. The Morgan fingerprint density at radius 1 is 1.12 bits per heavy atom. The number of hydrogen-bond donors (Lipinski definition) is 0. The summed E-state index contributed by atoms with van der Waals surface area (Å²) < 4.78 is 32.8. The van der Waals surface area contributed by atoms with Gasteiger partial charge in [-0.05, 0) is 48.9 Å². The number of morpholine rings is 1. The van der Waals surface area contributed by atoms with E-state index in [1.807, 2.05) is 0 Å². The first-order valence-electron chi connectivity index (χ1n) is 10.6. The molecular formula is C23H25F2N3O2S2. The minimum atomic E-state index is -0.311. The molecule has 170 valence electrons. The van der Waals surface area contributed by atoms with E-state index in [1.165, 1.54) is 47.4 Å². The number of nitrogens with zero attached hydrogens (tertiary/aromatic N) is 3. The number of carbonyl (C=O) groups excluding carboxylic acids is 1. The molecule has 2 aromatic carbocycles. The summed E-state index contributed by atoms with van der Waals surface area (Å²) in [5.74, 6) is -0.0110. The maximum atomic E-state index is 13.6. The summed E-state index contributed by atoms with van der Waals surface area (Å²) in [5, 5.41) is 0.601. The van der Waals surface area contributed by atoms with E-state index < -0.39 is 0 Å². The third kappa shape index (κ3) is 6.25. The van der Waals surface area contributed by atoms with Crippen LogP contribution in [0.25, 0.3) is 10.2 Å². The van der Waals surface area contributed by atoms with Crippen molar-refractivity contribution in [1.82, 2.24) is 9.88 Å². The summed E-state index contributed by atoms with van der Waals surface area (Å²) in [7, 11) is 0. The van der Waals surface area contributed by atoms with Crippen molar-refractivity contribution in [3.63, 3.8) is 0 Å². The van der Waals surface area contributed by atoms with Crippen LogP contribution in [0.5, 0.6) is 0 Å². The summed E-state index contributed by atoms with van der Waals surface area (Å²) in [4.78, 5) is 22.7. The number of ether oxygens (including phenoxy) is 1. The number of thiazole rings is 1. The van der Waals surface area contributed by atoms with Crippen molar-refractivity contribution in [3.05, 3.63) is 54.1 Å². The number of aromatic nitrogens is 1. The van der Waals surface area contributed by atoms with Crippen LogP contribution in [-0.4, -0.2) is 60.9 Å². The van der Waals surface area contributed by atoms with Gasteiger partial charge in [0.05, 0.1) is 23.4 Å². The summed E-state index contributed by atoms with van der Waals surface area (Å²) >= 11 is 2.86. The summed E-state index contributed by atoms with van der Waals surface area (Å²) in [6.45, 7) is 4.74. The number of fused-ring (bicyclic) bond motifs is 1. The fourth-order valence-electron chi connectivity index (χ4n) is 3.53. The van der Waals surface area contributed by atoms with Crippen molar-refractivity contribution >= 4 is 44.4 Å². The molecule has 4 rings (SSSR count). The van der Waals surface area contributed by atoms with E-state index in [0.29, 0.717) is 29.4 Å². The summed E-state index contributed by atoms with van der Waals surface area (Å²) in [6.07, 6.45) is 1.16. The van der Waals surface area contributed by atoms with E-state index in [4.69, 9.17) is 4.74 Å². The van der Waals surface area contributed by atoms with Gasteiger partial charge in [-0.15, -0.1) is 11.8 Å². The Kier molecular flexibility index (Phi) is 8.07. The summed E-state index contributed by atoms with van der Waals surface area (Å²) in [6, 6.07) is 10.8. The maximum Gasteiger partial charge on any atom is 0.229 e. The zero-order valence-corrected chi connectivity index (χ0v) is 19.3. The van der Waals surface area contributed by atoms with Gasteiger partial charge in [-0.3, -0.25) is 14.6 Å². The number of thioether (sulfide) groups is 1. The molecule has 0 saturated carbocycles. The van der Waals surface area contributed by atoms with Gasteiger partial charge in [-0.1, -0.05) is 11.3 Å². The van der Waals surface area contributed by atoms with Crippen LogP contribution in [0.1, 0.15) is 12.8 Å². The predicted molar refractivity (Wildman–Crippen MR) is 126 cm³/mol. The van der Waals surface area contributed by atoms with Crippen LogP contribution in [0.15, 0.2) is 47.4 Å². The maximum absolute atomic E-state index is 13.6. The molecule has 1 aliphatic rings. The molecule has 0 atom stereocenters. The van der Waals surface area contributed by atoms with Gasteiger partial charge in [0.1, 0.15) is 11.6 Å². The first-order valence-corrected chi connectivity index (χ1v) is 12.4. The van der Waals surface area contributed by atoms with Gasteiger partial charge in [0.25, 0.3) is 0 Å². The smallest absolute Gasteiger partial charge is 0.229 e. The number of rotatable bonds is 9. The molecule has 1 aromatic heterocycles. The van der Waals surface area contributed by atoms with Crippen molar-refractivity contribution in [1.29, 1.82) is 0 Å². The van der Waals surface area contributed by atoms with Gasteiger partial charge in [0.2, 0.25) is 5.91 Å². The molecule has 0 bridgehead atoms. The van der Waals surface area contributed by atoms with Gasteiger partial charge in [0.15, 0.2) is 5.13 Å². The number of amides is 1. The molecule has 0 aliphatic carbocycles. The van der Waals surface area contributed by atoms with Crippen LogP contribution in [0.4, 0.5) is 13.9 Å². The van der Waals surface area contributed by atoms with Crippen molar-refractivity contribution in [3.8, 4) is 0 Å². The molecule has 0 spiro atoms. The summed E-state index contributed by atoms with van der Waals surface area (Å²) in [5.41, 5.74) is 0.693. The lowest BCUT2D eigenvalue weighted by Gasteiger charge is -2.27. The van der Waals surface area contributed by atoms with E-state index in [2.05, 4.69) is 9.88 Å². The van der Waals surface area contributed by atoms with Crippen molar-refractivity contribution in [2.45, 2.75) is 17.7 Å². The first-order chi connectivity index (χ1) is 15.6. The lowest BCUT2D eigenvalue weighted by molar-refractivity contribution is -0.118. The number of anilines is 1. The second kappa shape index (κ2) is 11.2. The lowest BCUT2D eigenvalue weighted by atomic mass is 10.3. The Balaban J connectivity index is 1.41. The number of hydrogen-bond acceptors (Lipinski definition) is 6. The van der Waals surface area contributed by atoms with Crippen molar-refractivity contribution < 1.29 is 18.3 Å². The molecule has 32 heavy (non-hydrogen) atoms. The highest BCUT2D eigenvalue weighted by atomic mass is 32.2. The molecule has 0 N–H and O–H groups in total. The minimum absolute atomic E-state index is 0.0129. The van der Waals surface area contributed by atoms with Gasteiger partial charge in [-0.2, -0.15) is 0 Å². The van der Waals surface area contributed by atoms with E-state index in [-0.39, 0.29) is 17.5 Å². The number of halogens is 2. The van der Waals surface area contributed by atoms with Crippen LogP contribution < -0.4 is 4.90 Å².